The zero-order chi connectivity index (χ0) is 16.3. The molecule has 1 aromatic rings. The highest BCUT2D eigenvalue weighted by molar-refractivity contribution is 5.81. The molecule has 7 heteroatoms. The Bertz CT molecular complexity index is 569. The standard InChI is InChI=1S/C16H19NO6/c18-14(19)13-9-16(22-7-4-8-23-16)11-17(13)15(20)21-10-12-5-2-1-3-6-12/h1-3,5-6,13H,4,7-11H2,(H,18,19). The first-order chi connectivity index (χ1) is 11.1. The van der Waals surface area contributed by atoms with Crippen LogP contribution >= 0.6 is 0 Å². The number of hydrogen-bond acceptors (Lipinski definition) is 5. The minimum absolute atomic E-state index is 0.0671. The van der Waals surface area contributed by atoms with Crippen molar-refractivity contribution in [2.75, 3.05) is 19.8 Å². The number of nitrogens with zero attached hydrogens (tertiary/aromatic N) is 1. The van der Waals surface area contributed by atoms with Crippen molar-refractivity contribution >= 4 is 12.1 Å². The van der Waals surface area contributed by atoms with Crippen LogP contribution in [0, 0.1) is 0 Å². The minimum Gasteiger partial charge on any atom is -0.480 e. The van der Waals surface area contributed by atoms with Gasteiger partial charge in [-0.05, 0) is 12.0 Å². The Morgan fingerprint density at radius 2 is 1.96 bits per heavy atom. The van der Waals surface area contributed by atoms with Gasteiger partial charge in [-0.25, -0.2) is 9.59 Å². The number of carbonyl (C=O) groups is 2. The number of ether oxygens (including phenoxy) is 3. The lowest BCUT2D eigenvalue weighted by Crippen LogP contribution is -2.44. The second-order valence-electron chi connectivity index (χ2n) is 5.69. The fraction of sp³-hybridized carbons (Fsp3) is 0.500. The number of carboxylic acid groups (broad SMARTS) is 1. The van der Waals surface area contributed by atoms with Crippen molar-refractivity contribution in [2.45, 2.75) is 31.3 Å². The number of benzene rings is 1. The van der Waals surface area contributed by atoms with Crippen LogP contribution in [-0.4, -0.2) is 53.7 Å². The molecule has 2 saturated heterocycles. The first-order valence-corrected chi connectivity index (χ1v) is 7.58. The average Bonchev–Trinajstić information content (AvgIpc) is 2.94. The van der Waals surface area contributed by atoms with Gasteiger partial charge in [-0.3, -0.25) is 4.90 Å². The topological polar surface area (TPSA) is 85.3 Å². The Morgan fingerprint density at radius 1 is 1.26 bits per heavy atom. The maximum Gasteiger partial charge on any atom is 0.411 e. The number of carbonyl (C=O) groups excluding carboxylic acids is 1. The highest BCUT2D eigenvalue weighted by atomic mass is 16.7. The summed E-state index contributed by atoms with van der Waals surface area (Å²) < 4.78 is 16.5. The quantitative estimate of drug-likeness (QED) is 0.910. The molecule has 23 heavy (non-hydrogen) atoms. The summed E-state index contributed by atoms with van der Waals surface area (Å²) >= 11 is 0. The zero-order valence-electron chi connectivity index (χ0n) is 12.6. The fourth-order valence-electron chi connectivity index (χ4n) is 2.88. The minimum atomic E-state index is -1.09. The highest BCUT2D eigenvalue weighted by Gasteiger charge is 2.52. The van der Waals surface area contributed by atoms with Gasteiger partial charge in [0, 0.05) is 6.42 Å². The summed E-state index contributed by atoms with van der Waals surface area (Å²) in [5.41, 5.74) is 0.840. The molecule has 2 aliphatic rings. The van der Waals surface area contributed by atoms with E-state index in [1.165, 1.54) is 4.90 Å². The maximum absolute atomic E-state index is 12.3. The van der Waals surface area contributed by atoms with Gasteiger partial charge in [-0.15, -0.1) is 0 Å². The molecule has 0 aliphatic carbocycles. The first kappa shape index (κ1) is 15.8. The number of amides is 1. The third kappa shape index (κ3) is 3.46. The molecule has 2 heterocycles. The largest absolute Gasteiger partial charge is 0.480 e. The van der Waals surface area contributed by atoms with E-state index in [0.717, 1.165) is 12.0 Å². The van der Waals surface area contributed by atoms with Crippen molar-refractivity contribution in [3.63, 3.8) is 0 Å². The highest BCUT2D eigenvalue weighted by Crippen LogP contribution is 2.34. The predicted molar refractivity (Wildman–Crippen MR) is 78.6 cm³/mol. The third-order valence-corrected chi connectivity index (χ3v) is 4.04. The van der Waals surface area contributed by atoms with E-state index in [4.69, 9.17) is 14.2 Å². The lowest BCUT2D eigenvalue weighted by Gasteiger charge is -2.33. The Morgan fingerprint density at radius 3 is 2.61 bits per heavy atom. The molecule has 2 aliphatic heterocycles. The molecule has 1 spiro atoms. The van der Waals surface area contributed by atoms with E-state index in [1.807, 2.05) is 30.3 Å². The van der Waals surface area contributed by atoms with Crippen LogP contribution in [0.5, 0.6) is 0 Å². The summed E-state index contributed by atoms with van der Waals surface area (Å²) in [5, 5.41) is 9.37. The Hall–Kier alpha value is -2.12. The van der Waals surface area contributed by atoms with Crippen molar-refractivity contribution in [1.29, 1.82) is 0 Å². The molecule has 7 nitrogen and oxygen atoms in total. The molecule has 3 rings (SSSR count). The van der Waals surface area contributed by atoms with Gasteiger partial charge in [-0.2, -0.15) is 0 Å². The Labute approximate surface area is 133 Å². The van der Waals surface area contributed by atoms with E-state index in [-0.39, 0.29) is 19.6 Å². The number of rotatable bonds is 3. The number of carboxylic acids is 1. The van der Waals surface area contributed by atoms with Crippen molar-refractivity contribution in [3.05, 3.63) is 35.9 Å². The Kier molecular flexibility index (Phi) is 4.49. The van der Waals surface area contributed by atoms with Gasteiger partial charge in [0.1, 0.15) is 12.6 Å². The molecule has 124 valence electrons. The molecular formula is C16H19NO6. The second kappa shape index (κ2) is 6.55. The van der Waals surface area contributed by atoms with Crippen LogP contribution in [0.4, 0.5) is 4.79 Å². The van der Waals surface area contributed by atoms with Gasteiger partial charge in [0.05, 0.1) is 19.8 Å². The van der Waals surface area contributed by atoms with Crippen molar-refractivity contribution in [2.24, 2.45) is 0 Å². The van der Waals surface area contributed by atoms with E-state index < -0.39 is 23.9 Å². The van der Waals surface area contributed by atoms with Gasteiger partial charge in [0.2, 0.25) is 0 Å². The fourth-order valence-corrected chi connectivity index (χ4v) is 2.88. The summed E-state index contributed by atoms with van der Waals surface area (Å²) in [6.45, 7) is 1.16. The van der Waals surface area contributed by atoms with Crippen LogP contribution in [-0.2, 0) is 25.6 Å². The number of likely N-dealkylation sites (tertiary alicyclic amines) is 1. The monoisotopic (exact) mass is 321 g/mol. The van der Waals surface area contributed by atoms with Gasteiger partial charge < -0.3 is 19.3 Å². The average molecular weight is 321 g/mol. The van der Waals surface area contributed by atoms with E-state index in [9.17, 15) is 14.7 Å². The molecule has 0 bridgehead atoms. The van der Waals surface area contributed by atoms with Crippen LogP contribution in [0.25, 0.3) is 0 Å². The predicted octanol–water partition coefficient (Wildman–Crippen LogP) is 1.62. The van der Waals surface area contributed by atoms with Gasteiger partial charge in [-0.1, -0.05) is 30.3 Å². The number of hydrogen-bond donors (Lipinski definition) is 1. The summed E-state index contributed by atoms with van der Waals surface area (Å²) in [7, 11) is 0. The number of aliphatic carboxylic acids is 1. The van der Waals surface area contributed by atoms with Gasteiger partial charge >= 0.3 is 12.1 Å². The summed E-state index contributed by atoms with van der Waals surface area (Å²) in [6, 6.07) is 8.22. The molecule has 2 fully saturated rings. The van der Waals surface area contributed by atoms with Crippen LogP contribution in [0.3, 0.4) is 0 Å². The van der Waals surface area contributed by atoms with Crippen molar-refractivity contribution < 1.29 is 28.9 Å². The Balaban J connectivity index is 1.66. The van der Waals surface area contributed by atoms with Gasteiger partial charge in [0.15, 0.2) is 5.79 Å². The molecule has 1 unspecified atom stereocenters. The maximum atomic E-state index is 12.3. The van der Waals surface area contributed by atoms with Crippen LogP contribution in [0.1, 0.15) is 18.4 Å². The van der Waals surface area contributed by atoms with E-state index >= 15 is 0 Å². The van der Waals surface area contributed by atoms with Gasteiger partial charge in [0.25, 0.3) is 0 Å². The third-order valence-electron chi connectivity index (χ3n) is 4.04. The molecule has 1 N–H and O–H groups in total. The molecule has 1 amide bonds. The van der Waals surface area contributed by atoms with Crippen molar-refractivity contribution in [1.82, 2.24) is 4.90 Å². The molecule has 0 saturated carbocycles. The lowest BCUT2D eigenvalue weighted by atomic mass is 10.1. The van der Waals surface area contributed by atoms with E-state index in [0.29, 0.717) is 13.2 Å². The van der Waals surface area contributed by atoms with E-state index in [1.54, 1.807) is 0 Å². The first-order valence-electron chi connectivity index (χ1n) is 7.58. The zero-order valence-corrected chi connectivity index (χ0v) is 12.6. The molecule has 1 atom stereocenters. The molecule has 0 radical (unpaired) electrons. The SMILES string of the molecule is O=C(O)C1CC2(CN1C(=O)OCc1ccccc1)OCCCO2. The smallest absolute Gasteiger partial charge is 0.411 e. The summed E-state index contributed by atoms with van der Waals surface area (Å²) in [6.07, 6.45) is 0.205. The second-order valence-corrected chi connectivity index (χ2v) is 5.69. The molecule has 0 aromatic heterocycles. The molecular weight excluding hydrogens is 302 g/mol. The van der Waals surface area contributed by atoms with Crippen LogP contribution < -0.4 is 0 Å². The van der Waals surface area contributed by atoms with Crippen molar-refractivity contribution in [3.8, 4) is 0 Å². The van der Waals surface area contributed by atoms with E-state index in [2.05, 4.69) is 0 Å². The summed E-state index contributed by atoms with van der Waals surface area (Å²) in [4.78, 5) is 24.9. The summed E-state index contributed by atoms with van der Waals surface area (Å²) in [5.74, 6) is -2.11. The van der Waals surface area contributed by atoms with Crippen LogP contribution in [0.15, 0.2) is 30.3 Å². The lowest BCUT2D eigenvalue weighted by molar-refractivity contribution is -0.257. The molecule has 1 aromatic carbocycles. The normalized spacial score (nSPS) is 23.0. The van der Waals surface area contributed by atoms with Crippen LogP contribution in [0.2, 0.25) is 0 Å².